The summed E-state index contributed by atoms with van der Waals surface area (Å²) < 4.78 is 10.5. The monoisotopic (exact) mass is 344 g/mol. The minimum Gasteiger partial charge on any atom is -0.459 e. The topological polar surface area (TPSA) is 80.6 Å². The maximum Gasteiger partial charge on any atom is 0.287 e. The zero-order valence-electron chi connectivity index (χ0n) is 14.7. The Morgan fingerprint density at radius 1 is 1.08 bits per heavy atom. The fourth-order valence-electron chi connectivity index (χ4n) is 2.10. The maximum absolute atomic E-state index is 12.1. The first-order valence-corrected chi connectivity index (χ1v) is 8.27. The second-order valence-corrected chi connectivity index (χ2v) is 6.07. The Labute approximate surface area is 147 Å². The van der Waals surface area contributed by atoms with E-state index in [2.05, 4.69) is 10.6 Å². The summed E-state index contributed by atoms with van der Waals surface area (Å²) >= 11 is 0. The van der Waals surface area contributed by atoms with Gasteiger partial charge in [0.05, 0.1) is 19.0 Å². The summed E-state index contributed by atoms with van der Waals surface area (Å²) in [6, 6.07) is 10.4. The van der Waals surface area contributed by atoms with Crippen LogP contribution in [0.4, 0.5) is 0 Å². The second kappa shape index (κ2) is 9.03. The highest BCUT2D eigenvalue weighted by Crippen LogP contribution is 2.07. The van der Waals surface area contributed by atoms with E-state index in [9.17, 15) is 9.59 Å². The number of hydrogen-bond donors (Lipinski definition) is 2. The van der Waals surface area contributed by atoms with E-state index in [0.717, 1.165) is 11.1 Å². The summed E-state index contributed by atoms with van der Waals surface area (Å²) in [5.41, 5.74) is 2.06. The van der Waals surface area contributed by atoms with E-state index >= 15 is 0 Å². The molecule has 1 heterocycles. The Balaban J connectivity index is 1.78. The molecule has 6 nitrogen and oxygen atoms in total. The van der Waals surface area contributed by atoms with Crippen molar-refractivity contribution < 1.29 is 18.7 Å². The van der Waals surface area contributed by atoms with Gasteiger partial charge in [0.15, 0.2) is 5.76 Å². The highest BCUT2D eigenvalue weighted by atomic mass is 16.5. The largest absolute Gasteiger partial charge is 0.459 e. The molecule has 2 N–H and O–H groups in total. The first kappa shape index (κ1) is 18.7. The van der Waals surface area contributed by atoms with Crippen LogP contribution in [0.15, 0.2) is 47.1 Å². The van der Waals surface area contributed by atoms with E-state index in [-0.39, 0.29) is 17.8 Å². The first-order valence-electron chi connectivity index (χ1n) is 8.27. The molecule has 0 aliphatic carbocycles. The molecule has 0 bridgehead atoms. The van der Waals surface area contributed by atoms with Crippen LogP contribution in [0.2, 0.25) is 0 Å². The Bertz CT molecular complexity index is 678. The highest BCUT2D eigenvalue weighted by molar-refractivity contribution is 5.95. The van der Waals surface area contributed by atoms with Gasteiger partial charge in [0.2, 0.25) is 5.91 Å². The van der Waals surface area contributed by atoms with Gasteiger partial charge in [-0.25, -0.2) is 0 Å². The average Bonchev–Trinajstić information content (AvgIpc) is 3.13. The van der Waals surface area contributed by atoms with Gasteiger partial charge in [-0.05, 0) is 44.0 Å². The Morgan fingerprint density at radius 3 is 2.36 bits per heavy atom. The summed E-state index contributed by atoms with van der Waals surface area (Å²) in [7, 11) is 0. The minimum atomic E-state index is -0.656. The van der Waals surface area contributed by atoms with E-state index in [1.807, 2.05) is 38.1 Å². The van der Waals surface area contributed by atoms with Crippen LogP contribution >= 0.6 is 0 Å². The lowest BCUT2D eigenvalue weighted by Crippen LogP contribution is -2.44. The molecule has 0 fully saturated rings. The SMILES string of the molecule is CC(C)OCc1ccc(CNC(=O)[C@@H](C)NC(=O)c2ccco2)cc1. The van der Waals surface area contributed by atoms with Crippen molar-refractivity contribution in [3.63, 3.8) is 0 Å². The van der Waals surface area contributed by atoms with E-state index in [1.54, 1.807) is 19.1 Å². The van der Waals surface area contributed by atoms with Crippen molar-refractivity contribution in [2.75, 3.05) is 0 Å². The molecule has 0 spiro atoms. The Hall–Kier alpha value is -2.60. The summed E-state index contributed by atoms with van der Waals surface area (Å²) in [5, 5.41) is 5.40. The molecule has 134 valence electrons. The van der Waals surface area contributed by atoms with Crippen molar-refractivity contribution in [1.29, 1.82) is 0 Å². The normalized spacial score (nSPS) is 12.0. The fourth-order valence-corrected chi connectivity index (χ4v) is 2.10. The van der Waals surface area contributed by atoms with Gasteiger partial charge in [-0.2, -0.15) is 0 Å². The van der Waals surface area contributed by atoms with Crippen molar-refractivity contribution in [1.82, 2.24) is 10.6 Å². The van der Waals surface area contributed by atoms with Crippen molar-refractivity contribution in [3.8, 4) is 0 Å². The molecule has 0 aliphatic rings. The number of hydrogen-bond acceptors (Lipinski definition) is 4. The van der Waals surface area contributed by atoms with Crippen LogP contribution in [0.5, 0.6) is 0 Å². The molecule has 25 heavy (non-hydrogen) atoms. The molecule has 1 atom stereocenters. The van der Waals surface area contributed by atoms with Crippen molar-refractivity contribution in [3.05, 3.63) is 59.5 Å². The maximum atomic E-state index is 12.1. The lowest BCUT2D eigenvalue weighted by Gasteiger charge is -2.13. The molecule has 0 saturated heterocycles. The molecule has 0 saturated carbocycles. The zero-order valence-corrected chi connectivity index (χ0v) is 14.7. The molecule has 2 rings (SSSR count). The van der Waals surface area contributed by atoms with Gasteiger partial charge in [-0.1, -0.05) is 24.3 Å². The Kier molecular flexibility index (Phi) is 6.77. The van der Waals surface area contributed by atoms with Gasteiger partial charge in [-0.3, -0.25) is 9.59 Å². The van der Waals surface area contributed by atoms with Gasteiger partial charge >= 0.3 is 0 Å². The smallest absolute Gasteiger partial charge is 0.287 e. The third-order valence-electron chi connectivity index (χ3n) is 3.56. The third kappa shape index (κ3) is 6.08. The lowest BCUT2D eigenvalue weighted by atomic mass is 10.1. The first-order chi connectivity index (χ1) is 12.0. The molecule has 0 unspecified atom stereocenters. The predicted molar refractivity (Wildman–Crippen MR) is 93.8 cm³/mol. The number of carbonyl (C=O) groups is 2. The van der Waals surface area contributed by atoms with Crippen molar-refractivity contribution in [2.24, 2.45) is 0 Å². The number of carbonyl (C=O) groups excluding carboxylic acids is 2. The van der Waals surface area contributed by atoms with Crippen LogP contribution in [-0.4, -0.2) is 24.0 Å². The van der Waals surface area contributed by atoms with Crippen molar-refractivity contribution >= 4 is 11.8 Å². The van der Waals surface area contributed by atoms with Gasteiger partial charge in [0, 0.05) is 6.54 Å². The number of ether oxygens (including phenoxy) is 1. The van der Waals surface area contributed by atoms with Gasteiger partial charge in [0.1, 0.15) is 6.04 Å². The molecule has 0 radical (unpaired) electrons. The Morgan fingerprint density at radius 2 is 1.76 bits per heavy atom. The minimum absolute atomic E-state index is 0.179. The number of nitrogens with one attached hydrogen (secondary N) is 2. The van der Waals surface area contributed by atoms with E-state index in [0.29, 0.717) is 13.2 Å². The molecule has 6 heteroatoms. The average molecular weight is 344 g/mol. The summed E-state index contributed by atoms with van der Waals surface area (Å²) in [6.45, 7) is 6.58. The lowest BCUT2D eigenvalue weighted by molar-refractivity contribution is -0.122. The molecular weight excluding hydrogens is 320 g/mol. The van der Waals surface area contributed by atoms with Crippen LogP contribution in [0, 0.1) is 0 Å². The van der Waals surface area contributed by atoms with Gasteiger partial charge < -0.3 is 19.8 Å². The summed E-state index contributed by atoms with van der Waals surface area (Å²) in [5.74, 6) is -0.492. The molecule has 0 aliphatic heterocycles. The standard InChI is InChI=1S/C19H24N2O4/c1-13(2)25-12-16-8-6-15(7-9-16)11-20-18(22)14(3)21-19(23)17-5-4-10-24-17/h4-10,13-14H,11-12H2,1-3H3,(H,20,22)(H,21,23)/t14-/m1/s1. The van der Waals surface area contributed by atoms with Crippen molar-refractivity contribution in [2.45, 2.75) is 46.1 Å². The second-order valence-electron chi connectivity index (χ2n) is 6.07. The molecular formula is C19H24N2O4. The van der Waals surface area contributed by atoms with E-state index in [4.69, 9.17) is 9.15 Å². The molecule has 1 aromatic carbocycles. The van der Waals surface area contributed by atoms with Crippen LogP contribution < -0.4 is 10.6 Å². The van der Waals surface area contributed by atoms with E-state index in [1.165, 1.54) is 6.26 Å². The van der Waals surface area contributed by atoms with Crippen LogP contribution in [0.3, 0.4) is 0 Å². The molecule has 1 aromatic heterocycles. The third-order valence-corrected chi connectivity index (χ3v) is 3.56. The number of furan rings is 1. The number of rotatable bonds is 8. The number of amides is 2. The van der Waals surface area contributed by atoms with Gasteiger partial charge in [0.25, 0.3) is 5.91 Å². The fraction of sp³-hybridized carbons (Fsp3) is 0.368. The molecule has 2 amide bonds. The number of benzene rings is 1. The van der Waals surface area contributed by atoms with Crippen LogP contribution in [0.25, 0.3) is 0 Å². The summed E-state index contributed by atoms with van der Waals surface area (Å²) in [4.78, 5) is 23.9. The quantitative estimate of drug-likeness (QED) is 0.771. The summed E-state index contributed by atoms with van der Waals surface area (Å²) in [6.07, 6.45) is 1.60. The van der Waals surface area contributed by atoms with Crippen LogP contribution in [0.1, 0.15) is 42.5 Å². The molecule has 2 aromatic rings. The zero-order chi connectivity index (χ0) is 18.2. The highest BCUT2D eigenvalue weighted by Gasteiger charge is 2.17. The van der Waals surface area contributed by atoms with E-state index < -0.39 is 11.9 Å². The van der Waals surface area contributed by atoms with Gasteiger partial charge in [-0.15, -0.1) is 0 Å². The predicted octanol–water partition coefficient (Wildman–Crippen LogP) is 2.64. The van der Waals surface area contributed by atoms with Crippen LogP contribution in [-0.2, 0) is 22.7 Å².